The van der Waals surface area contributed by atoms with E-state index in [1.165, 1.54) is 81.9 Å². The van der Waals surface area contributed by atoms with E-state index in [1.807, 2.05) is 0 Å². The van der Waals surface area contributed by atoms with Crippen LogP contribution >= 0.6 is 17.0 Å². The first-order valence-corrected chi connectivity index (χ1v) is 29.0. The minimum absolute atomic E-state index is 0.672. The summed E-state index contributed by atoms with van der Waals surface area (Å²) in [5, 5.41) is 7.24. The molecular formula is C41H54Cl2Si2Zr. The van der Waals surface area contributed by atoms with E-state index in [4.69, 9.17) is 17.0 Å². The zero-order chi connectivity index (χ0) is 33.7. The Morgan fingerprint density at radius 1 is 0.826 bits per heavy atom. The average molecular weight is 765 g/mol. The first-order chi connectivity index (χ1) is 22.1. The number of hydrogen-bond donors (Lipinski definition) is 0. The van der Waals surface area contributed by atoms with E-state index in [0.29, 0.717) is 5.92 Å². The van der Waals surface area contributed by atoms with Crippen LogP contribution in [0, 0.1) is 0 Å². The molecule has 1 atom stereocenters. The number of fused-ring (bicyclic) bond motifs is 2. The second-order valence-electron chi connectivity index (χ2n) is 13.7. The van der Waals surface area contributed by atoms with Gasteiger partial charge in [-0.3, -0.25) is 0 Å². The number of rotatable bonds is 6. The monoisotopic (exact) mass is 762 g/mol. The molecule has 1 aliphatic rings. The van der Waals surface area contributed by atoms with E-state index < -0.39 is 28.9 Å². The van der Waals surface area contributed by atoms with Crippen molar-refractivity contribution < 1.29 is 20.8 Å². The van der Waals surface area contributed by atoms with Crippen molar-refractivity contribution in [3.05, 3.63) is 102 Å². The quantitative estimate of drug-likeness (QED) is 0.119. The van der Waals surface area contributed by atoms with E-state index in [-0.39, 0.29) is 0 Å². The molecule has 6 rings (SSSR count). The molecule has 0 nitrogen and oxygen atoms in total. The van der Waals surface area contributed by atoms with Crippen LogP contribution in [0.4, 0.5) is 0 Å². The summed E-state index contributed by atoms with van der Waals surface area (Å²) >= 11 is -0.826. The van der Waals surface area contributed by atoms with Crippen LogP contribution in [-0.2, 0) is 27.3 Å². The van der Waals surface area contributed by atoms with E-state index in [0.717, 1.165) is 21.9 Å². The van der Waals surface area contributed by atoms with Gasteiger partial charge in [-0.15, -0.1) is 69.1 Å². The fourth-order valence-corrected chi connectivity index (χ4v) is 7.67. The number of benzene rings is 3. The molecule has 1 saturated carbocycles. The molecule has 1 fully saturated rings. The van der Waals surface area contributed by atoms with Crippen LogP contribution in [0.5, 0.6) is 0 Å². The maximum absolute atomic E-state index is 4.93. The van der Waals surface area contributed by atoms with E-state index in [1.54, 1.807) is 11.1 Å². The third-order valence-corrected chi connectivity index (χ3v) is 11.4. The van der Waals surface area contributed by atoms with E-state index in [2.05, 4.69) is 138 Å². The van der Waals surface area contributed by atoms with Crippen LogP contribution in [0.15, 0.2) is 84.9 Å². The molecule has 0 aromatic heterocycles. The molecule has 5 aromatic carbocycles. The molecule has 0 amide bonds. The van der Waals surface area contributed by atoms with Crippen molar-refractivity contribution in [2.75, 3.05) is 0 Å². The summed E-state index contributed by atoms with van der Waals surface area (Å²) in [4.78, 5) is 0. The Bertz CT molecular complexity index is 1580. The zero-order valence-corrected chi connectivity index (χ0v) is 35.4. The van der Waals surface area contributed by atoms with Crippen LogP contribution in [0.1, 0.15) is 87.8 Å². The van der Waals surface area contributed by atoms with Gasteiger partial charge in [-0.1, -0.05) is 132 Å². The van der Waals surface area contributed by atoms with Crippen LogP contribution < -0.4 is 5.19 Å². The van der Waals surface area contributed by atoms with Gasteiger partial charge in [0, 0.05) is 9.52 Å². The van der Waals surface area contributed by atoms with Crippen molar-refractivity contribution in [2.45, 2.75) is 110 Å². The summed E-state index contributed by atoms with van der Waals surface area (Å²) in [6, 6.07) is 32.3. The van der Waals surface area contributed by atoms with Crippen molar-refractivity contribution in [2.24, 2.45) is 0 Å². The molecule has 244 valence electrons. The van der Waals surface area contributed by atoms with Gasteiger partial charge in [0.15, 0.2) is 0 Å². The van der Waals surface area contributed by atoms with Gasteiger partial charge in [0.05, 0.1) is 8.07 Å². The SMILES string of the molecule is CCC(C)c1cccc2[cH-]c(C3CCCCC3)cc12.CCc1cc2c(-c3ccc([Si](C)(C)C)cc3)cccc2[cH-]1.C[Si]C.[Cl][Zr+2][Cl]. The molecule has 0 aliphatic heterocycles. The van der Waals surface area contributed by atoms with Gasteiger partial charge in [-0.2, -0.15) is 12.1 Å². The molecule has 0 spiro atoms. The Morgan fingerprint density at radius 3 is 1.98 bits per heavy atom. The number of aryl methyl sites for hydroxylation is 1. The second-order valence-corrected chi connectivity index (χ2v) is 23.5. The minimum atomic E-state index is -1.21. The molecule has 0 heterocycles. The van der Waals surface area contributed by atoms with Gasteiger partial charge >= 0.3 is 37.9 Å². The molecule has 0 saturated heterocycles. The molecule has 5 aromatic rings. The zero-order valence-electron chi connectivity index (χ0n) is 29.4. The van der Waals surface area contributed by atoms with Crippen LogP contribution in [0.3, 0.4) is 0 Å². The average Bonchev–Trinajstić information content (AvgIpc) is 3.70. The van der Waals surface area contributed by atoms with Crippen LogP contribution in [0.25, 0.3) is 32.7 Å². The van der Waals surface area contributed by atoms with Crippen molar-refractivity contribution in [1.29, 1.82) is 0 Å². The second kappa shape index (κ2) is 19.7. The Morgan fingerprint density at radius 2 is 1.41 bits per heavy atom. The van der Waals surface area contributed by atoms with Crippen molar-refractivity contribution >= 4 is 61.4 Å². The topological polar surface area (TPSA) is 0 Å². The van der Waals surface area contributed by atoms with Crippen molar-refractivity contribution in [3.8, 4) is 11.1 Å². The summed E-state index contributed by atoms with van der Waals surface area (Å²) < 4.78 is 0. The predicted octanol–water partition coefficient (Wildman–Crippen LogP) is 13.6. The Kier molecular flexibility index (Phi) is 16.8. The van der Waals surface area contributed by atoms with Gasteiger partial charge in [0.25, 0.3) is 0 Å². The van der Waals surface area contributed by atoms with Crippen LogP contribution in [0.2, 0.25) is 32.7 Å². The third-order valence-electron chi connectivity index (χ3n) is 9.31. The van der Waals surface area contributed by atoms with Crippen LogP contribution in [-0.4, -0.2) is 17.6 Å². The fraction of sp³-hybridized carbons (Fsp3) is 0.415. The summed E-state index contributed by atoms with van der Waals surface area (Å²) in [5.74, 6) is 1.50. The predicted molar refractivity (Wildman–Crippen MR) is 211 cm³/mol. The molecule has 0 bridgehead atoms. The molecule has 1 aliphatic carbocycles. The Balaban J connectivity index is 0.000000215. The summed E-state index contributed by atoms with van der Waals surface area (Å²) in [6.45, 7) is 18.3. The maximum atomic E-state index is 4.93. The van der Waals surface area contributed by atoms with Gasteiger partial charge in [-0.25, -0.2) is 0 Å². The van der Waals surface area contributed by atoms with Gasteiger partial charge in [0.1, 0.15) is 0 Å². The first-order valence-electron chi connectivity index (χ1n) is 17.1. The third kappa shape index (κ3) is 10.9. The summed E-state index contributed by atoms with van der Waals surface area (Å²) in [6.07, 6.45) is 9.40. The first kappa shape index (κ1) is 39.2. The van der Waals surface area contributed by atoms with E-state index in [9.17, 15) is 0 Å². The van der Waals surface area contributed by atoms with Crippen molar-refractivity contribution in [1.82, 2.24) is 0 Å². The van der Waals surface area contributed by atoms with E-state index >= 15 is 0 Å². The van der Waals surface area contributed by atoms with Gasteiger partial charge in [0.2, 0.25) is 0 Å². The van der Waals surface area contributed by atoms with Gasteiger partial charge in [-0.05, 0) is 36.7 Å². The molecule has 46 heavy (non-hydrogen) atoms. The number of hydrogen-bond acceptors (Lipinski definition) is 0. The van der Waals surface area contributed by atoms with Crippen molar-refractivity contribution in [3.63, 3.8) is 0 Å². The summed E-state index contributed by atoms with van der Waals surface area (Å²) in [5.41, 5.74) is 7.26. The molecule has 5 heteroatoms. The molecular weight excluding hydrogens is 711 g/mol. The molecule has 1 unspecified atom stereocenters. The molecule has 0 N–H and O–H groups in total. The standard InChI is InChI=1S/C20H23Si.C19H25.C2H6Si.2ClH.Zr/c1-5-15-13-17-7-6-8-19(20(17)14-15)16-9-11-18(12-10-16)21(2,3)4;1-3-14(2)18-11-7-10-16-12-17(13-19(16)18)15-8-5-4-6-9-15;1-3-2;;;/h6-14H,5H2,1-4H3;7,10-15H,3-6,8-9H2,1-2H3;1-2H3;2*1H;/q2*-1;;;;+4/p-2. The number of halogens is 2. The normalized spacial score (nSPS) is 13.9. The Labute approximate surface area is 302 Å². The molecule has 2 radical (unpaired) electrons. The fourth-order valence-electron chi connectivity index (χ4n) is 6.51. The summed E-state index contributed by atoms with van der Waals surface area (Å²) in [7, 11) is 9.74. The Hall–Kier alpha value is -1.22. The van der Waals surface area contributed by atoms with Gasteiger partial charge < -0.3 is 0 Å².